The maximum atomic E-state index is 13.2. The zero-order chi connectivity index (χ0) is 9.54. The molecule has 0 amide bonds. The zero-order valence-corrected chi connectivity index (χ0v) is 7.31. The molecule has 68 valence electrons. The number of pyridine rings is 1. The van der Waals surface area contributed by atoms with E-state index in [1.165, 1.54) is 10.6 Å². The Kier molecular flexibility index (Phi) is 1.36. The van der Waals surface area contributed by atoms with Crippen LogP contribution < -0.4 is 0 Å². The highest BCUT2D eigenvalue weighted by atomic mass is 19.1. The lowest BCUT2D eigenvalue weighted by Crippen LogP contribution is -1.87. The van der Waals surface area contributed by atoms with Crippen molar-refractivity contribution in [1.29, 1.82) is 0 Å². The SMILES string of the molecule is Fc1cnc2c3ccccc3ccn12. The number of nitrogens with zero attached hydrogens (tertiary/aromatic N) is 2. The van der Waals surface area contributed by atoms with Crippen molar-refractivity contribution >= 4 is 16.4 Å². The lowest BCUT2D eigenvalue weighted by atomic mass is 10.2. The third-order valence-electron chi connectivity index (χ3n) is 2.36. The molecule has 3 rings (SSSR count). The summed E-state index contributed by atoms with van der Waals surface area (Å²) < 4.78 is 14.6. The van der Waals surface area contributed by atoms with E-state index >= 15 is 0 Å². The Labute approximate surface area is 79.6 Å². The van der Waals surface area contributed by atoms with E-state index in [0.717, 1.165) is 10.8 Å². The van der Waals surface area contributed by atoms with E-state index in [1.807, 2.05) is 30.3 Å². The number of halogens is 1. The average molecular weight is 186 g/mol. The molecule has 2 nitrogen and oxygen atoms in total. The van der Waals surface area contributed by atoms with E-state index < -0.39 is 0 Å². The van der Waals surface area contributed by atoms with Gasteiger partial charge >= 0.3 is 0 Å². The quantitative estimate of drug-likeness (QED) is 0.527. The fraction of sp³-hybridized carbons (Fsp3) is 0. The Morgan fingerprint density at radius 1 is 1.14 bits per heavy atom. The second kappa shape index (κ2) is 2.54. The molecule has 0 radical (unpaired) electrons. The minimum atomic E-state index is -0.328. The molecule has 1 aromatic carbocycles. The molecule has 3 heteroatoms. The highest BCUT2D eigenvalue weighted by Gasteiger charge is 2.04. The van der Waals surface area contributed by atoms with Crippen LogP contribution in [-0.4, -0.2) is 9.38 Å². The Morgan fingerprint density at radius 3 is 2.93 bits per heavy atom. The molecule has 3 aromatic rings. The predicted octanol–water partition coefficient (Wildman–Crippen LogP) is 2.63. The molecule has 0 unspecified atom stereocenters. The first-order valence-corrected chi connectivity index (χ1v) is 4.36. The van der Waals surface area contributed by atoms with Crippen LogP contribution in [0.2, 0.25) is 0 Å². The predicted molar refractivity (Wildman–Crippen MR) is 52.7 cm³/mol. The van der Waals surface area contributed by atoms with Crippen molar-refractivity contribution in [2.45, 2.75) is 0 Å². The number of imidazole rings is 1. The molecule has 0 atom stereocenters. The van der Waals surface area contributed by atoms with Crippen molar-refractivity contribution in [3.05, 3.63) is 48.7 Å². The first kappa shape index (κ1) is 7.50. The van der Waals surface area contributed by atoms with Gasteiger partial charge in [0.05, 0.1) is 6.20 Å². The summed E-state index contributed by atoms with van der Waals surface area (Å²) in [5, 5.41) is 2.05. The van der Waals surface area contributed by atoms with Gasteiger partial charge in [-0.15, -0.1) is 0 Å². The van der Waals surface area contributed by atoms with Crippen LogP contribution in [0, 0.1) is 5.95 Å². The fourth-order valence-electron chi connectivity index (χ4n) is 1.68. The zero-order valence-electron chi connectivity index (χ0n) is 7.31. The third-order valence-corrected chi connectivity index (χ3v) is 2.36. The summed E-state index contributed by atoms with van der Waals surface area (Å²) in [7, 11) is 0. The van der Waals surface area contributed by atoms with Crippen LogP contribution in [0.15, 0.2) is 42.7 Å². The van der Waals surface area contributed by atoms with E-state index in [4.69, 9.17) is 0 Å². The normalized spacial score (nSPS) is 11.2. The smallest absolute Gasteiger partial charge is 0.217 e. The summed E-state index contributed by atoms with van der Waals surface area (Å²) in [6, 6.07) is 9.69. The molecular formula is C11H7FN2. The number of hydrogen-bond acceptors (Lipinski definition) is 1. The van der Waals surface area contributed by atoms with Gasteiger partial charge in [0, 0.05) is 11.6 Å². The molecule has 2 heterocycles. The number of benzene rings is 1. The van der Waals surface area contributed by atoms with Gasteiger partial charge in [-0.2, -0.15) is 4.39 Å². The highest BCUT2D eigenvalue weighted by molar-refractivity contribution is 5.93. The van der Waals surface area contributed by atoms with Gasteiger partial charge in [0.15, 0.2) is 0 Å². The molecule has 0 aliphatic rings. The van der Waals surface area contributed by atoms with Gasteiger partial charge in [-0.1, -0.05) is 24.3 Å². The lowest BCUT2D eigenvalue weighted by molar-refractivity contribution is 0.573. The maximum Gasteiger partial charge on any atom is 0.217 e. The summed E-state index contributed by atoms with van der Waals surface area (Å²) in [4.78, 5) is 4.03. The number of hydrogen-bond donors (Lipinski definition) is 0. The van der Waals surface area contributed by atoms with E-state index in [2.05, 4.69) is 4.98 Å². The second-order valence-electron chi connectivity index (χ2n) is 3.18. The molecule has 14 heavy (non-hydrogen) atoms. The van der Waals surface area contributed by atoms with Crippen LogP contribution in [0.1, 0.15) is 0 Å². The van der Waals surface area contributed by atoms with E-state index in [1.54, 1.807) is 6.20 Å². The van der Waals surface area contributed by atoms with Crippen molar-refractivity contribution in [2.75, 3.05) is 0 Å². The van der Waals surface area contributed by atoms with Crippen LogP contribution in [0.3, 0.4) is 0 Å². The van der Waals surface area contributed by atoms with Gasteiger partial charge in [0.1, 0.15) is 5.65 Å². The summed E-state index contributed by atoms with van der Waals surface area (Å²) >= 11 is 0. The molecule has 0 aliphatic carbocycles. The molecule has 0 spiro atoms. The molecule has 0 N–H and O–H groups in total. The molecular weight excluding hydrogens is 179 g/mol. The third kappa shape index (κ3) is 0.865. The van der Waals surface area contributed by atoms with Crippen molar-refractivity contribution in [1.82, 2.24) is 9.38 Å². The van der Waals surface area contributed by atoms with Gasteiger partial charge < -0.3 is 0 Å². The average Bonchev–Trinajstić information content (AvgIpc) is 2.61. The van der Waals surface area contributed by atoms with Crippen LogP contribution in [0.25, 0.3) is 16.4 Å². The van der Waals surface area contributed by atoms with E-state index in [9.17, 15) is 4.39 Å². The van der Waals surface area contributed by atoms with E-state index in [-0.39, 0.29) is 5.95 Å². The first-order valence-electron chi connectivity index (χ1n) is 4.36. The molecule has 2 aromatic heterocycles. The Morgan fingerprint density at radius 2 is 2.00 bits per heavy atom. The van der Waals surface area contributed by atoms with Crippen molar-refractivity contribution in [3.8, 4) is 0 Å². The summed E-state index contributed by atoms with van der Waals surface area (Å²) in [5.41, 5.74) is 0.667. The van der Waals surface area contributed by atoms with E-state index in [0.29, 0.717) is 5.65 Å². The molecule has 0 bridgehead atoms. The maximum absolute atomic E-state index is 13.2. The van der Waals surface area contributed by atoms with Crippen LogP contribution in [0.5, 0.6) is 0 Å². The minimum absolute atomic E-state index is 0.328. The topological polar surface area (TPSA) is 17.3 Å². The van der Waals surface area contributed by atoms with Gasteiger partial charge in [-0.25, -0.2) is 4.98 Å². The second-order valence-corrected chi connectivity index (χ2v) is 3.18. The van der Waals surface area contributed by atoms with Crippen molar-refractivity contribution in [2.24, 2.45) is 0 Å². The van der Waals surface area contributed by atoms with Crippen LogP contribution in [-0.2, 0) is 0 Å². The largest absolute Gasteiger partial charge is 0.276 e. The summed E-state index contributed by atoms with van der Waals surface area (Å²) in [5.74, 6) is -0.328. The monoisotopic (exact) mass is 186 g/mol. The Balaban J connectivity index is 2.61. The number of fused-ring (bicyclic) bond motifs is 3. The van der Waals surface area contributed by atoms with Gasteiger partial charge in [0.2, 0.25) is 5.95 Å². The first-order chi connectivity index (χ1) is 6.86. The fourth-order valence-corrected chi connectivity index (χ4v) is 1.68. The number of aromatic nitrogens is 2. The number of rotatable bonds is 0. The Bertz CT molecular complexity index is 613. The summed E-state index contributed by atoms with van der Waals surface area (Å²) in [6.07, 6.45) is 2.93. The van der Waals surface area contributed by atoms with Gasteiger partial charge in [-0.3, -0.25) is 4.40 Å². The molecule has 0 aliphatic heterocycles. The highest BCUT2D eigenvalue weighted by Crippen LogP contribution is 2.18. The lowest BCUT2D eigenvalue weighted by Gasteiger charge is -1.99. The Hall–Kier alpha value is -1.90. The molecule has 0 saturated carbocycles. The molecule has 0 saturated heterocycles. The minimum Gasteiger partial charge on any atom is -0.276 e. The molecule has 0 fully saturated rings. The van der Waals surface area contributed by atoms with Crippen molar-refractivity contribution < 1.29 is 4.39 Å². The van der Waals surface area contributed by atoms with Gasteiger partial charge in [-0.05, 0) is 11.5 Å². The summed E-state index contributed by atoms with van der Waals surface area (Å²) in [6.45, 7) is 0. The van der Waals surface area contributed by atoms with Crippen LogP contribution >= 0.6 is 0 Å². The standard InChI is InChI=1S/C11H7FN2/c12-10-7-13-11-9-4-2-1-3-8(9)5-6-14(10)11/h1-7H. The van der Waals surface area contributed by atoms with Gasteiger partial charge in [0.25, 0.3) is 0 Å². The van der Waals surface area contributed by atoms with Crippen LogP contribution in [0.4, 0.5) is 4.39 Å². The van der Waals surface area contributed by atoms with Crippen molar-refractivity contribution in [3.63, 3.8) is 0 Å².